The van der Waals surface area contributed by atoms with Crippen LogP contribution in [0.5, 0.6) is 0 Å². The van der Waals surface area contributed by atoms with Crippen molar-refractivity contribution in [3.8, 4) is 0 Å². The second-order valence-corrected chi connectivity index (χ2v) is 29.5. The SMILES string of the molecule is CC(C)N1C[C@@H]2CCC[C@H]1[C@H]2N.CC(C)N1C[C@H](N)CCN1.CC(C)N1C[C@H](N)CCN1C.CC(C)N1C[C@H](N)C[C@@H]1C.CC(C)N1C[C@H]2CCC[C@@H]1[C@@H]2N.CC[C@@H]1[C@H](N)[C@H]2CC[C@@H]1N2C(C)C.CC[C@H]1[C@@H](N)[C@H]2CC[C@@H]1N2C(C)C. The van der Waals surface area contributed by atoms with Crippen LogP contribution in [0.1, 0.15) is 214 Å². The minimum absolute atomic E-state index is 0.364. The fraction of sp³-hybridized carbons (Fsp3) is 1.00. The summed E-state index contributed by atoms with van der Waals surface area (Å²) >= 11 is 0. The van der Waals surface area contributed by atoms with Crippen molar-refractivity contribution in [1.82, 2.24) is 45.0 Å². The molecule has 16 nitrogen and oxygen atoms in total. The van der Waals surface area contributed by atoms with Gasteiger partial charge in [-0.25, -0.2) is 15.0 Å². The molecule has 11 aliphatic rings. The van der Waals surface area contributed by atoms with Crippen molar-refractivity contribution in [2.24, 2.45) is 63.8 Å². The number of nitrogens with one attached hydrogen (secondary N) is 1. The molecule has 0 radical (unpaired) electrons. The van der Waals surface area contributed by atoms with Crippen LogP contribution >= 0.6 is 0 Å². The molecule has 81 heavy (non-hydrogen) atoms. The third kappa shape index (κ3) is 18.5. The first kappa shape index (κ1) is 71.1. The van der Waals surface area contributed by atoms with Crippen LogP contribution in [0.25, 0.3) is 0 Å². The summed E-state index contributed by atoms with van der Waals surface area (Å²) < 4.78 is 0. The molecule has 2 saturated carbocycles. The average Bonchev–Trinajstić information content (AvgIpc) is 4.48. The lowest BCUT2D eigenvalue weighted by Gasteiger charge is -2.41. The second kappa shape index (κ2) is 33.1. The maximum absolute atomic E-state index is 6.26. The monoisotopic (exact) mass is 1140 g/mol. The summed E-state index contributed by atoms with van der Waals surface area (Å²) in [5.41, 5.74) is 45.6. The summed E-state index contributed by atoms with van der Waals surface area (Å²) in [6.07, 6.45) is 19.5. The molecule has 15 N–H and O–H groups in total. The third-order valence-electron chi connectivity index (χ3n) is 21.7. The largest absolute Gasteiger partial charge is 0.326 e. The molecule has 11 rings (SSSR count). The van der Waals surface area contributed by atoms with Gasteiger partial charge in [0.05, 0.1) is 0 Å². The molecule has 8 bridgehead atoms. The van der Waals surface area contributed by atoms with Crippen molar-refractivity contribution >= 4 is 0 Å². The van der Waals surface area contributed by atoms with E-state index in [1.165, 1.54) is 90.1 Å². The zero-order chi connectivity index (χ0) is 60.3. The highest BCUT2D eigenvalue weighted by molar-refractivity contribution is 5.09. The highest BCUT2D eigenvalue weighted by Gasteiger charge is 2.52. The van der Waals surface area contributed by atoms with Gasteiger partial charge in [-0.1, -0.05) is 39.5 Å². The fourth-order valence-electron chi connectivity index (χ4n) is 17.5. The number of likely N-dealkylation sites (tertiary alicyclic amines) is 3. The first-order chi connectivity index (χ1) is 38.1. The van der Waals surface area contributed by atoms with Gasteiger partial charge in [-0.3, -0.25) is 29.9 Å². The zero-order valence-corrected chi connectivity index (χ0v) is 56.1. The normalized spacial score (nSPS) is 39.1. The van der Waals surface area contributed by atoms with E-state index in [1.807, 2.05) is 0 Å². The summed E-state index contributed by atoms with van der Waals surface area (Å²) in [7, 11) is 2.13. The predicted molar refractivity (Wildman–Crippen MR) is 346 cm³/mol. The van der Waals surface area contributed by atoms with E-state index in [2.05, 4.69) is 170 Å². The lowest BCUT2D eigenvalue weighted by atomic mass is 9.83. The summed E-state index contributed by atoms with van der Waals surface area (Å²) in [6.45, 7) is 46.1. The Bertz CT molecular complexity index is 1650. The van der Waals surface area contributed by atoms with Gasteiger partial charge in [-0.15, -0.1) is 0 Å². The Morgan fingerprint density at radius 2 is 0.840 bits per heavy atom. The van der Waals surface area contributed by atoms with Crippen LogP contribution in [-0.2, 0) is 0 Å². The minimum atomic E-state index is 0.364. The molecule has 2 aliphatic carbocycles. The number of hydrogen-bond donors (Lipinski definition) is 8. The van der Waals surface area contributed by atoms with Gasteiger partial charge in [0, 0.05) is 180 Å². The first-order valence-electron chi connectivity index (χ1n) is 34.2. The van der Waals surface area contributed by atoms with Gasteiger partial charge >= 0.3 is 0 Å². The molecule has 0 aromatic heterocycles. The average molecular weight is 1140 g/mol. The molecule has 18 atom stereocenters. The molecule has 0 aromatic rings. The van der Waals surface area contributed by atoms with Gasteiger partial charge in [-0.05, 0) is 198 Å². The van der Waals surface area contributed by atoms with Crippen LogP contribution < -0.4 is 45.6 Å². The quantitative estimate of drug-likeness (QED) is 0.122. The maximum atomic E-state index is 6.26. The molecule has 0 spiro atoms. The van der Waals surface area contributed by atoms with Crippen LogP contribution in [0.4, 0.5) is 0 Å². The Hall–Kier alpha value is -0.640. The molecule has 16 heteroatoms. The number of nitrogens with two attached hydrogens (primary N) is 7. The van der Waals surface area contributed by atoms with Crippen LogP contribution in [0, 0.1) is 23.7 Å². The summed E-state index contributed by atoms with van der Waals surface area (Å²) in [5, 5.41) is 6.80. The van der Waals surface area contributed by atoms with Gasteiger partial charge in [0.1, 0.15) is 0 Å². The standard InChI is InChI=1S/2C11H22N2.2C10H20N2.C8H19N3.C8H18N2.C7H17N3/c2*1-4-8-9-5-6-10(11(8)12)13(9)7(2)3;2*1-7(2)12-6-8-4-3-5-9(12)10(8)11;1-7(2)11-6-8(9)4-5-10(11)3;1-6(2)10-5-8(9)4-7(10)3;1-6(2)10-5-7(8)3-4-9-10/h2*7-11H,4-6,12H2,1-3H3;2*7-10H,3-6,11H2,1-2H3;7-8H,4-6,9H2,1-3H3;6-8H,4-5,9H2,1-3H3;6-7,9H,3-5,8H2,1-2H3/t8-,9+,10-,11-;8-,9-,10+,11-;2*8-,9-,10-;8-;7-,8+;7-/m1010101/s1. The van der Waals surface area contributed by atoms with Crippen molar-refractivity contribution in [3.63, 3.8) is 0 Å². The van der Waals surface area contributed by atoms with Gasteiger partial charge in [0.25, 0.3) is 0 Å². The highest BCUT2D eigenvalue weighted by Crippen LogP contribution is 2.45. The highest BCUT2D eigenvalue weighted by atomic mass is 15.6. The van der Waals surface area contributed by atoms with Gasteiger partial charge < -0.3 is 40.1 Å². The van der Waals surface area contributed by atoms with Crippen LogP contribution in [0.3, 0.4) is 0 Å². The van der Waals surface area contributed by atoms with Gasteiger partial charge in [-0.2, -0.15) is 0 Å². The Balaban J connectivity index is 0.000000174. The summed E-state index contributed by atoms with van der Waals surface area (Å²) in [4.78, 5) is 13.0. The molecule has 478 valence electrons. The van der Waals surface area contributed by atoms with E-state index in [4.69, 9.17) is 40.1 Å². The molecular weight excluding hydrogens is 1000 g/mol. The van der Waals surface area contributed by atoms with Crippen LogP contribution in [0.2, 0.25) is 0 Å². The van der Waals surface area contributed by atoms with E-state index in [0.29, 0.717) is 115 Å². The van der Waals surface area contributed by atoms with Gasteiger partial charge in [0.15, 0.2) is 0 Å². The molecule has 11 fully saturated rings. The Kier molecular flexibility index (Phi) is 29.0. The Morgan fingerprint density at radius 1 is 0.407 bits per heavy atom. The Labute approximate surface area is 500 Å². The molecule has 0 unspecified atom stereocenters. The van der Waals surface area contributed by atoms with Crippen LogP contribution in [-0.4, -0.2) is 219 Å². The van der Waals surface area contributed by atoms with E-state index in [0.717, 1.165) is 87.7 Å². The maximum Gasteiger partial charge on any atom is 0.0288 e. The Morgan fingerprint density at radius 3 is 1.12 bits per heavy atom. The van der Waals surface area contributed by atoms with Crippen LogP contribution in [0.15, 0.2) is 0 Å². The smallest absolute Gasteiger partial charge is 0.0288 e. The van der Waals surface area contributed by atoms with E-state index in [9.17, 15) is 0 Å². The van der Waals surface area contributed by atoms with Crippen molar-refractivity contribution in [2.75, 3.05) is 52.9 Å². The number of hydrogen-bond acceptors (Lipinski definition) is 16. The number of nitrogens with zero attached hydrogens (tertiary/aromatic N) is 8. The number of rotatable bonds is 9. The van der Waals surface area contributed by atoms with Crippen molar-refractivity contribution in [3.05, 3.63) is 0 Å². The molecular formula is C65H138N16. The van der Waals surface area contributed by atoms with E-state index >= 15 is 0 Å². The predicted octanol–water partition coefficient (Wildman–Crippen LogP) is 6.63. The lowest BCUT2D eigenvalue weighted by Crippen LogP contribution is -2.55. The first-order valence-corrected chi connectivity index (χ1v) is 34.2. The van der Waals surface area contributed by atoms with Crippen molar-refractivity contribution < 1.29 is 0 Å². The number of hydrazine groups is 2. The van der Waals surface area contributed by atoms with E-state index in [1.54, 1.807) is 0 Å². The summed E-state index contributed by atoms with van der Waals surface area (Å²) in [6, 6.07) is 12.6. The van der Waals surface area contributed by atoms with Crippen molar-refractivity contribution in [1.29, 1.82) is 0 Å². The number of fused-ring (bicyclic) bond motifs is 8. The lowest BCUT2D eigenvalue weighted by molar-refractivity contribution is -0.0589. The van der Waals surface area contributed by atoms with E-state index < -0.39 is 0 Å². The topological polar surface area (TPSA) is 220 Å². The molecule has 0 amide bonds. The summed E-state index contributed by atoms with van der Waals surface area (Å²) in [5.74, 6) is 3.12. The fourth-order valence-corrected chi connectivity index (χ4v) is 17.5. The minimum Gasteiger partial charge on any atom is -0.326 e. The van der Waals surface area contributed by atoms with E-state index in [-0.39, 0.29) is 0 Å². The second-order valence-electron chi connectivity index (χ2n) is 29.5. The zero-order valence-electron chi connectivity index (χ0n) is 56.1. The third-order valence-corrected chi connectivity index (χ3v) is 21.7. The molecule has 0 aromatic carbocycles. The van der Waals surface area contributed by atoms with Gasteiger partial charge in [0.2, 0.25) is 0 Å². The molecule has 9 heterocycles. The molecule has 9 saturated heterocycles. The van der Waals surface area contributed by atoms with Crippen molar-refractivity contribution in [2.45, 2.75) is 341 Å². The molecule has 9 aliphatic heterocycles.